The minimum absolute atomic E-state index is 0.105. The molecule has 156 valence electrons. The van der Waals surface area contributed by atoms with E-state index in [1.807, 2.05) is 33.8 Å². The Balaban J connectivity index is 2.68. The molecule has 0 amide bonds. The number of carboxylic acids is 1. The Kier molecular flexibility index (Phi) is 8.76. The van der Waals surface area contributed by atoms with Crippen LogP contribution in [0.1, 0.15) is 81.3 Å². The largest absolute Gasteiger partial charge is 0.508 e. The summed E-state index contributed by atoms with van der Waals surface area (Å²) in [7, 11) is 0. The predicted molar refractivity (Wildman–Crippen MR) is 112 cm³/mol. The highest BCUT2D eigenvalue weighted by Gasteiger charge is 2.20. The third-order valence-corrected chi connectivity index (χ3v) is 4.97. The van der Waals surface area contributed by atoms with Gasteiger partial charge in [-0.15, -0.1) is 0 Å². The topological polar surface area (TPSA) is 98.0 Å². The Bertz CT molecular complexity index is 753. The normalized spacial score (nSPS) is 13.9. The summed E-state index contributed by atoms with van der Waals surface area (Å²) in [6, 6.07) is 1.37. The number of aryl methyl sites for hydroxylation is 1. The lowest BCUT2D eigenvalue weighted by Crippen LogP contribution is -2.23. The van der Waals surface area contributed by atoms with Gasteiger partial charge in [-0.2, -0.15) is 0 Å². The van der Waals surface area contributed by atoms with Crippen LogP contribution in [0.4, 0.5) is 0 Å². The molecular weight excluding hydrogens is 356 g/mol. The molecule has 0 saturated carbocycles. The second kappa shape index (κ2) is 10.3. The van der Waals surface area contributed by atoms with Gasteiger partial charge < -0.3 is 20.4 Å². The number of benzene rings is 1. The molecule has 0 heterocycles. The minimum atomic E-state index is -1.22. The summed E-state index contributed by atoms with van der Waals surface area (Å²) in [5.41, 5.74) is 1.99. The molecule has 1 rings (SSSR count). The number of phenolic OH excluding ortho intramolecular Hbond substituents is 1. The van der Waals surface area contributed by atoms with E-state index >= 15 is 0 Å². The van der Waals surface area contributed by atoms with Crippen molar-refractivity contribution in [1.82, 2.24) is 0 Å². The molecule has 0 unspecified atom stereocenters. The van der Waals surface area contributed by atoms with Crippen LogP contribution < -0.4 is 0 Å². The molecule has 1 aromatic rings. The number of phenols is 2. The van der Waals surface area contributed by atoms with Crippen LogP contribution in [0, 0.1) is 6.92 Å². The molecule has 0 spiro atoms. The van der Waals surface area contributed by atoms with E-state index in [2.05, 4.69) is 6.08 Å². The molecule has 0 radical (unpaired) electrons. The molecule has 0 aromatic heterocycles. The van der Waals surface area contributed by atoms with Crippen LogP contribution in [0.25, 0.3) is 0 Å². The first-order valence-corrected chi connectivity index (χ1v) is 9.73. The lowest BCUT2D eigenvalue weighted by molar-refractivity contribution is 0.0410. The lowest BCUT2D eigenvalue weighted by atomic mass is 9.92. The molecule has 1 aromatic carbocycles. The maximum Gasteiger partial charge on any atom is 0.339 e. The molecule has 5 nitrogen and oxygen atoms in total. The van der Waals surface area contributed by atoms with Crippen molar-refractivity contribution in [1.29, 1.82) is 0 Å². The van der Waals surface area contributed by atoms with Crippen molar-refractivity contribution in [2.45, 2.75) is 78.7 Å². The molecule has 0 aliphatic carbocycles. The van der Waals surface area contributed by atoms with E-state index in [9.17, 15) is 25.2 Å². The van der Waals surface area contributed by atoms with Crippen molar-refractivity contribution in [2.24, 2.45) is 0 Å². The molecule has 0 fully saturated rings. The average molecular weight is 391 g/mol. The fourth-order valence-electron chi connectivity index (χ4n) is 3.22. The fourth-order valence-corrected chi connectivity index (χ4v) is 3.22. The van der Waals surface area contributed by atoms with Gasteiger partial charge in [-0.3, -0.25) is 0 Å². The van der Waals surface area contributed by atoms with Crippen LogP contribution in [-0.2, 0) is 6.42 Å². The number of aromatic carboxylic acids is 1. The highest BCUT2D eigenvalue weighted by Crippen LogP contribution is 2.34. The van der Waals surface area contributed by atoms with Gasteiger partial charge >= 0.3 is 5.97 Å². The standard InChI is InChI=1S/C23H34O5/c1-15(2)8-6-12-23(5,28)13-7-9-16(3)10-11-18-19(24)14-17(4)20(21(18)25)22(26)27/h8,10,14,24-25,28H,6-7,9,11-13H2,1-5H3,(H,26,27)/b16-10+/t23-/m1/s1. The monoisotopic (exact) mass is 390 g/mol. The quantitative estimate of drug-likeness (QED) is 0.409. The predicted octanol–water partition coefficient (Wildman–Crippen LogP) is 5.26. The van der Waals surface area contributed by atoms with E-state index in [0.29, 0.717) is 12.0 Å². The first kappa shape index (κ1) is 23.8. The summed E-state index contributed by atoms with van der Waals surface area (Å²) in [6.45, 7) is 9.45. The van der Waals surface area contributed by atoms with Crippen molar-refractivity contribution in [3.05, 3.63) is 46.1 Å². The van der Waals surface area contributed by atoms with Gasteiger partial charge in [0.1, 0.15) is 17.1 Å². The molecule has 0 bridgehead atoms. The smallest absolute Gasteiger partial charge is 0.339 e. The third-order valence-electron chi connectivity index (χ3n) is 4.97. The van der Waals surface area contributed by atoms with Gasteiger partial charge in [-0.05, 0) is 84.8 Å². The van der Waals surface area contributed by atoms with Crippen LogP contribution >= 0.6 is 0 Å². The summed E-state index contributed by atoms with van der Waals surface area (Å²) < 4.78 is 0. The molecule has 1 atom stereocenters. The number of rotatable bonds is 10. The van der Waals surface area contributed by atoms with Gasteiger partial charge in [0.2, 0.25) is 0 Å². The zero-order chi connectivity index (χ0) is 21.5. The van der Waals surface area contributed by atoms with Crippen molar-refractivity contribution in [2.75, 3.05) is 0 Å². The van der Waals surface area contributed by atoms with E-state index in [0.717, 1.165) is 31.3 Å². The Morgan fingerprint density at radius 2 is 1.79 bits per heavy atom. The van der Waals surface area contributed by atoms with Crippen molar-refractivity contribution in [3.8, 4) is 11.5 Å². The number of aliphatic hydroxyl groups is 1. The van der Waals surface area contributed by atoms with Gasteiger partial charge in [-0.1, -0.05) is 23.3 Å². The zero-order valence-corrected chi connectivity index (χ0v) is 17.7. The lowest BCUT2D eigenvalue weighted by Gasteiger charge is -2.22. The first-order chi connectivity index (χ1) is 12.9. The molecule has 28 heavy (non-hydrogen) atoms. The molecule has 0 aliphatic rings. The zero-order valence-electron chi connectivity index (χ0n) is 17.7. The number of carboxylic acid groups (broad SMARTS) is 1. The Morgan fingerprint density at radius 1 is 1.14 bits per heavy atom. The summed E-state index contributed by atoms with van der Waals surface area (Å²) in [4.78, 5) is 11.3. The van der Waals surface area contributed by atoms with Crippen molar-refractivity contribution in [3.63, 3.8) is 0 Å². The van der Waals surface area contributed by atoms with E-state index in [1.165, 1.54) is 18.6 Å². The average Bonchev–Trinajstić information content (AvgIpc) is 2.52. The van der Waals surface area contributed by atoms with E-state index < -0.39 is 11.6 Å². The van der Waals surface area contributed by atoms with E-state index in [-0.39, 0.29) is 29.0 Å². The molecule has 0 aliphatic heterocycles. The SMILES string of the molecule is CC(C)=CCC[C@@](C)(O)CCC/C(C)=C/Cc1c(O)cc(C)c(C(=O)O)c1O. The first-order valence-electron chi connectivity index (χ1n) is 9.73. The molecule has 0 saturated heterocycles. The van der Waals surface area contributed by atoms with Gasteiger partial charge in [0.05, 0.1) is 5.60 Å². The van der Waals surface area contributed by atoms with E-state index in [1.54, 1.807) is 0 Å². The molecular formula is C23H34O5. The number of aromatic hydroxyl groups is 2. The van der Waals surface area contributed by atoms with Crippen LogP contribution in [0.2, 0.25) is 0 Å². The second-order valence-corrected chi connectivity index (χ2v) is 8.15. The van der Waals surface area contributed by atoms with Crippen LogP contribution in [0.3, 0.4) is 0 Å². The summed E-state index contributed by atoms with van der Waals surface area (Å²) in [6.07, 6.45) is 8.17. The van der Waals surface area contributed by atoms with Crippen molar-refractivity contribution < 1.29 is 25.2 Å². The Labute approximate surface area is 168 Å². The van der Waals surface area contributed by atoms with Gasteiger partial charge in [0.15, 0.2) is 0 Å². The molecule has 5 heteroatoms. The number of carbonyl (C=O) groups is 1. The third kappa shape index (κ3) is 7.39. The second-order valence-electron chi connectivity index (χ2n) is 8.15. The maximum atomic E-state index is 11.3. The summed E-state index contributed by atoms with van der Waals surface area (Å²) in [5, 5.41) is 40.0. The Hall–Kier alpha value is -2.27. The number of hydrogen-bond acceptors (Lipinski definition) is 4. The van der Waals surface area contributed by atoms with E-state index in [4.69, 9.17) is 0 Å². The summed E-state index contributed by atoms with van der Waals surface area (Å²) >= 11 is 0. The van der Waals surface area contributed by atoms with Crippen LogP contribution in [0.15, 0.2) is 29.4 Å². The summed E-state index contributed by atoms with van der Waals surface area (Å²) in [5.74, 6) is -1.70. The Morgan fingerprint density at radius 3 is 2.36 bits per heavy atom. The number of allylic oxidation sites excluding steroid dienone is 4. The van der Waals surface area contributed by atoms with Crippen LogP contribution in [0.5, 0.6) is 11.5 Å². The highest BCUT2D eigenvalue weighted by molar-refractivity contribution is 5.93. The van der Waals surface area contributed by atoms with Crippen molar-refractivity contribution >= 4 is 5.97 Å². The maximum absolute atomic E-state index is 11.3. The highest BCUT2D eigenvalue weighted by atomic mass is 16.4. The molecule has 4 N–H and O–H groups in total. The number of hydrogen-bond donors (Lipinski definition) is 4. The van der Waals surface area contributed by atoms with Gasteiger partial charge in [0, 0.05) is 5.56 Å². The van der Waals surface area contributed by atoms with Crippen LogP contribution in [-0.4, -0.2) is 32.0 Å². The minimum Gasteiger partial charge on any atom is -0.508 e. The fraction of sp³-hybridized carbons (Fsp3) is 0.522. The van der Waals surface area contributed by atoms with Gasteiger partial charge in [-0.25, -0.2) is 4.79 Å². The van der Waals surface area contributed by atoms with Gasteiger partial charge in [0.25, 0.3) is 0 Å².